The van der Waals surface area contributed by atoms with E-state index < -0.39 is 17.4 Å². The first kappa shape index (κ1) is 15.5. The maximum Gasteiger partial charge on any atom is 0.313 e. The second-order valence-electron chi connectivity index (χ2n) is 5.94. The molecule has 0 saturated heterocycles. The lowest BCUT2D eigenvalue weighted by Crippen LogP contribution is -2.44. The minimum atomic E-state index is -0.851. The van der Waals surface area contributed by atoms with E-state index in [4.69, 9.17) is 0 Å². The lowest BCUT2D eigenvalue weighted by molar-refractivity contribution is -0.136. The Labute approximate surface area is 124 Å². The zero-order valence-corrected chi connectivity index (χ0v) is 12.5. The van der Waals surface area contributed by atoms with Crippen LogP contribution < -0.4 is 10.6 Å². The monoisotopic (exact) mass is 290 g/mol. The first-order chi connectivity index (χ1) is 9.88. The molecule has 0 heterocycles. The lowest BCUT2D eigenvalue weighted by Gasteiger charge is -2.22. The Morgan fingerprint density at radius 2 is 1.67 bits per heavy atom. The van der Waals surface area contributed by atoms with Gasteiger partial charge in [-0.25, -0.2) is 0 Å². The second-order valence-corrected chi connectivity index (χ2v) is 5.94. The van der Waals surface area contributed by atoms with Crippen molar-refractivity contribution in [3.05, 3.63) is 29.3 Å². The first-order valence-corrected chi connectivity index (χ1v) is 7.28. The Balaban J connectivity index is 1.89. The minimum absolute atomic E-state index is 0.131. The molecule has 0 aliphatic heterocycles. The quantitative estimate of drug-likeness (QED) is 0.741. The van der Waals surface area contributed by atoms with Crippen molar-refractivity contribution in [2.45, 2.75) is 45.1 Å². The number of hydrogen-bond acceptors (Lipinski definition) is 3. The molecule has 2 rings (SSSR count). The Kier molecular flexibility index (Phi) is 4.63. The maximum absolute atomic E-state index is 11.8. The Bertz CT molecular complexity index is 528. The van der Waals surface area contributed by atoms with Crippen LogP contribution in [0, 0.1) is 13.8 Å². The van der Waals surface area contributed by atoms with Gasteiger partial charge in [0.1, 0.15) is 0 Å². The number of anilines is 1. The van der Waals surface area contributed by atoms with Crippen LogP contribution in [0.25, 0.3) is 0 Å². The van der Waals surface area contributed by atoms with Crippen molar-refractivity contribution in [3.8, 4) is 0 Å². The van der Waals surface area contributed by atoms with Gasteiger partial charge in [0.05, 0.1) is 5.60 Å². The molecule has 3 N–H and O–H groups in total. The van der Waals surface area contributed by atoms with Gasteiger partial charge in [-0.15, -0.1) is 0 Å². The largest absolute Gasteiger partial charge is 0.388 e. The van der Waals surface area contributed by atoms with Gasteiger partial charge in [0.25, 0.3) is 0 Å². The first-order valence-electron chi connectivity index (χ1n) is 7.28. The van der Waals surface area contributed by atoms with Gasteiger partial charge in [-0.05, 0) is 49.9 Å². The molecule has 1 aromatic rings. The third-order valence-electron chi connectivity index (χ3n) is 3.80. The van der Waals surface area contributed by atoms with E-state index in [1.54, 1.807) is 0 Å². The molecule has 0 radical (unpaired) electrons. The van der Waals surface area contributed by atoms with Crippen LogP contribution in [0.2, 0.25) is 0 Å². The number of amides is 2. The van der Waals surface area contributed by atoms with E-state index in [1.807, 2.05) is 32.0 Å². The summed E-state index contributed by atoms with van der Waals surface area (Å²) >= 11 is 0. The molecule has 5 heteroatoms. The summed E-state index contributed by atoms with van der Waals surface area (Å²) in [5.74, 6) is -1.42. The fourth-order valence-electron chi connectivity index (χ4n) is 2.77. The fourth-order valence-corrected chi connectivity index (χ4v) is 2.77. The van der Waals surface area contributed by atoms with Gasteiger partial charge in [0.15, 0.2) is 0 Å². The molecule has 0 atom stereocenters. The highest BCUT2D eigenvalue weighted by molar-refractivity contribution is 6.39. The van der Waals surface area contributed by atoms with E-state index in [9.17, 15) is 14.7 Å². The molecule has 0 bridgehead atoms. The Morgan fingerprint density at radius 1 is 1.10 bits per heavy atom. The standard InChI is InChI=1S/C16H22N2O3/c1-11-7-12(2)9-13(8-11)18-15(20)14(19)17-10-16(21)5-3-4-6-16/h7-9,21H,3-6,10H2,1-2H3,(H,17,19)(H,18,20). The van der Waals surface area contributed by atoms with Crippen LogP contribution in [0.5, 0.6) is 0 Å². The number of nitrogens with one attached hydrogen (secondary N) is 2. The third-order valence-corrected chi connectivity index (χ3v) is 3.80. The summed E-state index contributed by atoms with van der Waals surface area (Å²) in [4.78, 5) is 23.6. The van der Waals surface area contributed by atoms with Crippen LogP contribution in [-0.2, 0) is 9.59 Å². The van der Waals surface area contributed by atoms with Gasteiger partial charge in [0, 0.05) is 12.2 Å². The Hall–Kier alpha value is -1.88. The van der Waals surface area contributed by atoms with E-state index in [0.29, 0.717) is 18.5 Å². The van der Waals surface area contributed by atoms with Gasteiger partial charge in [0.2, 0.25) is 0 Å². The molecule has 1 aliphatic carbocycles. The zero-order chi connectivity index (χ0) is 15.5. The van der Waals surface area contributed by atoms with Crippen molar-refractivity contribution in [1.82, 2.24) is 5.32 Å². The molecule has 0 spiro atoms. The van der Waals surface area contributed by atoms with Gasteiger partial charge in [-0.3, -0.25) is 9.59 Å². The molecule has 21 heavy (non-hydrogen) atoms. The molecular weight excluding hydrogens is 268 g/mol. The average molecular weight is 290 g/mol. The predicted octanol–water partition coefficient (Wildman–Crippen LogP) is 1.66. The zero-order valence-electron chi connectivity index (χ0n) is 12.5. The molecule has 0 aromatic heterocycles. The van der Waals surface area contributed by atoms with E-state index in [0.717, 1.165) is 24.0 Å². The van der Waals surface area contributed by atoms with Crippen LogP contribution in [0.4, 0.5) is 5.69 Å². The summed E-state index contributed by atoms with van der Waals surface area (Å²) in [6, 6.07) is 5.61. The predicted molar refractivity (Wildman–Crippen MR) is 81.0 cm³/mol. The van der Waals surface area contributed by atoms with E-state index in [1.165, 1.54) is 0 Å². The van der Waals surface area contributed by atoms with Crippen LogP contribution >= 0.6 is 0 Å². The summed E-state index contributed by atoms with van der Waals surface area (Å²) in [6.45, 7) is 3.99. The van der Waals surface area contributed by atoms with Crippen LogP contribution in [0.3, 0.4) is 0 Å². The molecule has 0 unspecified atom stereocenters. The second kappa shape index (κ2) is 6.26. The molecule has 5 nitrogen and oxygen atoms in total. The highest BCUT2D eigenvalue weighted by atomic mass is 16.3. The van der Waals surface area contributed by atoms with Crippen molar-refractivity contribution in [1.29, 1.82) is 0 Å². The smallest absolute Gasteiger partial charge is 0.313 e. The summed E-state index contributed by atoms with van der Waals surface area (Å²) in [6.07, 6.45) is 3.26. The maximum atomic E-state index is 11.8. The van der Waals surface area contributed by atoms with Crippen molar-refractivity contribution in [2.24, 2.45) is 0 Å². The van der Waals surface area contributed by atoms with Crippen LogP contribution in [-0.4, -0.2) is 29.1 Å². The molecule has 2 amide bonds. The number of aliphatic hydroxyl groups is 1. The van der Waals surface area contributed by atoms with Gasteiger partial charge < -0.3 is 15.7 Å². The molecule has 1 fully saturated rings. The van der Waals surface area contributed by atoms with Crippen molar-refractivity contribution in [2.75, 3.05) is 11.9 Å². The normalized spacial score (nSPS) is 16.5. The van der Waals surface area contributed by atoms with E-state index in [2.05, 4.69) is 10.6 Å². The topological polar surface area (TPSA) is 78.4 Å². The van der Waals surface area contributed by atoms with Gasteiger partial charge in [-0.1, -0.05) is 18.9 Å². The number of benzene rings is 1. The molecule has 1 aliphatic rings. The summed E-state index contributed by atoms with van der Waals surface area (Å²) in [5.41, 5.74) is 1.79. The molecule has 1 saturated carbocycles. The van der Waals surface area contributed by atoms with E-state index in [-0.39, 0.29) is 6.54 Å². The number of hydrogen-bond donors (Lipinski definition) is 3. The summed E-state index contributed by atoms with van der Waals surface area (Å²) < 4.78 is 0. The molecular formula is C16H22N2O3. The average Bonchev–Trinajstić information content (AvgIpc) is 2.82. The van der Waals surface area contributed by atoms with Crippen LogP contribution in [0.1, 0.15) is 36.8 Å². The summed E-state index contributed by atoms with van der Waals surface area (Å²) in [7, 11) is 0. The minimum Gasteiger partial charge on any atom is -0.388 e. The Morgan fingerprint density at radius 3 is 2.24 bits per heavy atom. The van der Waals surface area contributed by atoms with Crippen LogP contribution in [0.15, 0.2) is 18.2 Å². The van der Waals surface area contributed by atoms with Crippen molar-refractivity contribution >= 4 is 17.5 Å². The van der Waals surface area contributed by atoms with Crippen molar-refractivity contribution < 1.29 is 14.7 Å². The third kappa shape index (κ3) is 4.29. The highest BCUT2D eigenvalue weighted by Gasteiger charge is 2.32. The van der Waals surface area contributed by atoms with E-state index >= 15 is 0 Å². The lowest BCUT2D eigenvalue weighted by atomic mass is 10.0. The van der Waals surface area contributed by atoms with Gasteiger partial charge >= 0.3 is 11.8 Å². The fraction of sp³-hybridized carbons (Fsp3) is 0.500. The SMILES string of the molecule is Cc1cc(C)cc(NC(=O)C(=O)NCC2(O)CCCC2)c1. The van der Waals surface area contributed by atoms with Crippen molar-refractivity contribution in [3.63, 3.8) is 0 Å². The number of carbonyl (C=O) groups excluding carboxylic acids is 2. The van der Waals surface area contributed by atoms with Gasteiger partial charge in [-0.2, -0.15) is 0 Å². The number of rotatable bonds is 3. The number of aryl methyl sites for hydroxylation is 2. The number of carbonyl (C=O) groups is 2. The highest BCUT2D eigenvalue weighted by Crippen LogP contribution is 2.28. The molecule has 114 valence electrons. The summed E-state index contributed by atoms with van der Waals surface area (Å²) in [5, 5.41) is 15.2. The molecule has 1 aromatic carbocycles.